The SMILES string of the molecule is Br.C=CC[CH2-].[CH3-].[Mg+2]. The Kier molecular flexibility index (Phi) is 98.4. The quantitative estimate of drug-likeness (QED) is 0.325. The summed E-state index contributed by atoms with van der Waals surface area (Å²) in [5, 5.41) is 0. The standard InChI is InChI=1S/C4H7.CH3.BrH.Mg/c1-3-4-2;;;/h3H,1-2,4H2;1H3;1H;/q2*-1;;+2. The fraction of sp³-hybridized carbons (Fsp3) is 0.200. The molecule has 0 heterocycles. The molecule has 0 aromatic heterocycles. The van der Waals surface area contributed by atoms with Gasteiger partial charge in [-0.2, -0.15) is 6.42 Å². The summed E-state index contributed by atoms with van der Waals surface area (Å²) < 4.78 is 0. The molecular weight excluding hydrogens is 164 g/mol. The summed E-state index contributed by atoms with van der Waals surface area (Å²) >= 11 is 0. The van der Waals surface area contributed by atoms with E-state index < -0.39 is 0 Å². The zero-order valence-corrected chi connectivity index (χ0v) is 7.94. The van der Waals surface area contributed by atoms with E-state index in [1.165, 1.54) is 0 Å². The van der Waals surface area contributed by atoms with E-state index in [9.17, 15) is 0 Å². The first-order valence-electron chi connectivity index (χ1n) is 1.32. The van der Waals surface area contributed by atoms with Crippen LogP contribution in [0.3, 0.4) is 0 Å². The van der Waals surface area contributed by atoms with Crippen LogP contribution in [-0.2, 0) is 0 Å². The first kappa shape index (κ1) is 24.5. The molecule has 0 spiro atoms. The van der Waals surface area contributed by atoms with Gasteiger partial charge in [-0.05, 0) is 0 Å². The molecule has 7 heavy (non-hydrogen) atoms. The van der Waals surface area contributed by atoms with Gasteiger partial charge in [-0.15, -0.1) is 29.6 Å². The second kappa shape index (κ2) is 28.1. The molecule has 0 fully saturated rings. The van der Waals surface area contributed by atoms with E-state index >= 15 is 0 Å². The van der Waals surface area contributed by atoms with Gasteiger partial charge in [0.1, 0.15) is 0 Å². The maximum Gasteiger partial charge on any atom is 2.00 e. The Bertz CT molecular complexity index is 22.0. The normalized spacial score (nSPS) is 3.57. The van der Waals surface area contributed by atoms with Gasteiger partial charge in [0, 0.05) is 0 Å². The van der Waals surface area contributed by atoms with Crippen LogP contribution in [0, 0.1) is 14.4 Å². The number of halogens is 1. The molecule has 0 amide bonds. The van der Waals surface area contributed by atoms with Crippen molar-refractivity contribution in [1.29, 1.82) is 0 Å². The van der Waals surface area contributed by atoms with Crippen LogP contribution >= 0.6 is 17.0 Å². The van der Waals surface area contributed by atoms with Crippen molar-refractivity contribution in [1.82, 2.24) is 0 Å². The summed E-state index contributed by atoms with van der Waals surface area (Å²) in [6.07, 6.45) is 2.60. The molecule has 0 aliphatic rings. The van der Waals surface area contributed by atoms with Gasteiger partial charge in [-0.1, -0.05) is 0 Å². The molecule has 0 N–H and O–H groups in total. The van der Waals surface area contributed by atoms with E-state index in [4.69, 9.17) is 0 Å². The minimum atomic E-state index is 0. The molecule has 0 nitrogen and oxygen atoms in total. The zero-order chi connectivity index (χ0) is 3.41. The Labute approximate surface area is 73.3 Å². The fourth-order valence-corrected chi connectivity index (χ4v) is 0. The van der Waals surface area contributed by atoms with Crippen LogP contribution in [0.4, 0.5) is 0 Å². The summed E-state index contributed by atoms with van der Waals surface area (Å²) in [7, 11) is 0. The monoisotopic (exact) mass is 174 g/mol. The predicted molar refractivity (Wildman–Crippen MR) is 42.7 cm³/mol. The minimum absolute atomic E-state index is 0. The van der Waals surface area contributed by atoms with Crippen LogP contribution < -0.4 is 0 Å². The Hall–Kier alpha value is 0.986. The van der Waals surface area contributed by atoms with Crippen LogP contribution in [0.5, 0.6) is 0 Å². The largest absolute Gasteiger partial charge is 2.00 e. The van der Waals surface area contributed by atoms with Crippen LogP contribution in [0.15, 0.2) is 12.7 Å². The Balaban J connectivity index is -0.0000000150. The van der Waals surface area contributed by atoms with Crippen molar-refractivity contribution in [3.63, 3.8) is 0 Å². The molecule has 0 aromatic rings. The van der Waals surface area contributed by atoms with Crippen molar-refractivity contribution in [2.45, 2.75) is 6.42 Å². The minimum Gasteiger partial charge on any atom is -0.358 e. The van der Waals surface area contributed by atoms with Gasteiger partial charge in [0.15, 0.2) is 0 Å². The number of rotatable bonds is 1. The first-order chi connectivity index (χ1) is 1.91. The molecule has 0 radical (unpaired) electrons. The Morgan fingerprint density at radius 3 is 1.71 bits per heavy atom. The van der Waals surface area contributed by atoms with Crippen molar-refractivity contribution in [2.75, 3.05) is 0 Å². The number of allylic oxidation sites excluding steroid dienone is 1. The van der Waals surface area contributed by atoms with Crippen molar-refractivity contribution >= 4 is 40.0 Å². The summed E-state index contributed by atoms with van der Waals surface area (Å²) in [5.74, 6) is 0. The molecule has 0 aliphatic carbocycles. The van der Waals surface area contributed by atoms with Crippen molar-refractivity contribution in [3.8, 4) is 0 Å². The Morgan fingerprint density at radius 1 is 1.57 bits per heavy atom. The summed E-state index contributed by atoms with van der Waals surface area (Å²) in [4.78, 5) is 0. The maximum atomic E-state index is 3.49. The van der Waals surface area contributed by atoms with Crippen LogP contribution in [0.25, 0.3) is 0 Å². The third-order valence-electron chi connectivity index (χ3n) is 0.204. The van der Waals surface area contributed by atoms with E-state index in [1.807, 2.05) is 0 Å². The van der Waals surface area contributed by atoms with Crippen LogP contribution in [0.1, 0.15) is 6.42 Å². The summed E-state index contributed by atoms with van der Waals surface area (Å²) in [5.41, 5.74) is 0. The third-order valence-corrected chi connectivity index (χ3v) is 0.204. The number of hydrogen-bond acceptors (Lipinski definition) is 0. The maximum absolute atomic E-state index is 3.49. The van der Waals surface area contributed by atoms with Gasteiger partial charge < -0.3 is 14.4 Å². The smallest absolute Gasteiger partial charge is 0.358 e. The average molecular weight is 175 g/mol. The molecule has 0 bridgehead atoms. The summed E-state index contributed by atoms with van der Waals surface area (Å²) in [6, 6.07) is 0. The molecule has 0 unspecified atom stereocenters. The fourth-order valence-electron chi connectivity index (χ4n) is 0. The second-order valence-corrected chi connectivity index (χ2v) is 0.577. The van der Waals surface area contributed by atoms with Gasteiger partial charge in [0.2, 0.25) is 0 Å². The van der Waals surface area contributed by atoms with Crippen LogP contribution in [-0.4, -0.2) is 23.1 Å². The van der Waals surface area contributed by atoms with Gasteiger partial charge in [-0.25, -0.2) is 0 Å². The van der Waals surface area contributed by atoms with Gasteiger partial charge in [-0.3, -0.25) is 0 Å². The van der Waals surface area contributed by atoms with E-state index in [0.717, 1.165) is 6.42 Å². The summed E-state index contributed by atoms with van der Waals surface area (Å²) in [6.45, 7) is 6.90. The van der Waals surface area contributed by atoms with E-state index in [-0.39, 0.29) is 47.5 Å². The predicted octanol–water partition coefficient (Wildman–Crippen LogP) is 2.04. The zero-order valence-electron chi connectivity index (χ0n) is 4.81. The Morgan fingerprint density at radius 2 is 1.71 bits per heavy atom. The van der Waals surface area contributed by atoms with Crippen molar-refractivity contribution in [3.05, 3.63) is 27.0 Å². The molecule has 2 heteroatoms. The second-order valence-electron chi connectivity index (χ2n) is 0.577. The van der Waals surface area contributed by atoms with Crippen molar-refractivity contribution in [2.24, 2.45) is 0 Å². The van der Waals surface area contributed by atoms with E-state index in [1.54, 1.807) is 6.08 Å². The van der Waals surface area contributed by atoms with Gasteiger partial charge in [0.25, 0.3) is 0 Å². The van der Waals surface area contributed by atoms with Gasteiger partial charge >= 0.3 is 23.1 Å². The molecule has 0 aliphatic heterocycles. The third kappa shape index (κ3) is 44.0. The van der Waals surface area contributed by atoms with E-state index in [2.05, 4.69) is 13.5 Å². The first-order valence-corrected chi connectivity index (χ1v) is 1.32. The topological polar surface area (TPSA) is 0 Å². The molecule has 0 saturated heterocycles. The molecular formula is C5H11BrMg. The molecule has 0 rings (SSSR count). The van der Waals surface area contributed by atoms with Crippen LogP contribution in [0.2, 0.25) is 0 Å². The average Bonchev–Trinajstić information content (AvgIpc) is 1.37. The molecule has 0 aromatic carbocycles. The van der Waals surface area contributed by atoms with E-state index in [0.29, 0.717) is 0 Å². The molecule has 0 saturated carbocycles. The number of hydrogen-bond donors (Lipinski definition) is 0. The molecule has 0 atom stereocenters. The van der Waals surface area contributed by atoms with Gasteiger partial charge in [0.05, 0.1) is 0 Å². The molecule has 40 valence electrons. The van der Waals surface area contributed by atoms with Crippen molar-refractivity contribution < 1.29 is 0 Å².